The minimum absolute atomic E-state index is 0.0837. The molecule has 2 heterocycles. The largest absolute Gasteiger partial charge is 0.492 e. The SMILES string of the molecule is Cn1ccc(C(=O)On2c(O)ccc2O)c(OCc2ccccc2)c1=O. The molecule has 8 nitrogen and oxygen atoms in total. The van der Waals surface area contributed by atoms with Crippen LogP contribution in [0.25, 0.3) is 0 Å². The average molecular weight is 356 g/mol. The quantitative estimate of drug-likeness (QED) is 0.717. The Morgan fingerprint density at radius 3 is 2.35 bits per heavy atom. The van der Waals surface area contributed by atoms with E-state index in [2.05, 4.69) is 0 Å². The zero-order chi connectivity index (χ0) is 18.7. The topological polar surface area (TPSA) is 103 Å². The first-order valence-electron chi connectivity index (χ1n) is 7.66. The number of aryl methyl sites for hydroxylation is 1. The maximum atomic E-state index is 12.4. The Bertz CT molecular complexity index is 971. The van der Waals surface area contributed by atoms with E-state index in [-0.39, 0.29) is 17.9 Å². The molecule has 0 bridgehead atoms. The van der Waals surface area contributed by atoms with Gasteiger partial charge in [-0.1, -0.05) is 30.3 Å². The summed E-state index contributed by atoms with van der Waals surface area (Å²) in [6.07, 6.45) is 1.39. The molecule has 0 amide bonds. The zero-order valence-electron chi connectivity index (χ0n) is 13.8. The number of benzene rings is 1. The Balaban J connectivity index is 1.90. The van der Waals surface area contributed by atoms with Crippen molar-refractivity contribution in [3.8, 4) is 17.5 Å². The van der Waals surface area contributed by atoms with Gasteiger partial charge in [-0.15, -0.1) is 4.73 Å². The fraction of sp³-hybridized carbons (Fsp3) is 0.111. The first-order valence-corrected chi connectivity index (χ1v) is 7.66. The van der Waals surface area contributed by atoms with Gasteiger partial charge in [0.05, 0.1) is 0 Å². The fourth-order valence-corrected chi connectivity index (χ4v) is 2.26. The molecule has 0 spiro atoms. The van der Waals surface area contributed by atoms with Crippen molar-refractivity contribution in [1.29, 1.82) is 0 Å². The summed E-state index contributed by atoms with van der Waals surface area (Å²) in [6, 6.07) is 12.8. The van der Waals surface area contributed by atoms with E-state index in [4.69, 9.17) is 9.57 Å². The van der Waals surface area contributed by atoms with Crippen molar-refractivity contribution in [3.63, 3.8) is 0 Å². The first kappa shape index (κ1) is 17.2. The molecule has 0 unspecified atom stereocenters. The van der Waals surface area contributed by atoms with E-state index in [0.29, 0.717) is 4.73 Å². The second-order valence-corrected chi connectivity index (χ2v) is 5.47. The van der Waals surface area contributed by atoms with Gasteiger partial charge in [-0.05, 0) is 11.6 Å². The lowest BCUT2D eigenvalue weighted by molar-refractivity contribution is 0.0376. The van der Waals surface area contributed by atoms with Gasteiger partial charge in [-0.3, -0.25) is 4.79 Å². The molecule has 2 aromatic heterocycles. The molecule has 8 heteroatoms. The van der Waals surface area contributed by atoms with Gasteiger partial charge in [0.1, 0.15) is 12.2 Å². The molecule has 0 aliphatic carbocycles. The fourth-order valence-electron chi connectivity index (χ4n) is 2.26. The van der Waals surface area contributed by atoms with Gasteiger partial charge in [0.25, 0.3) is 5.56 Å². The predicted molar refractivity (Wildman–Crippen MR) is 91.1 cm³/mol. The van der Waals surface area contributed by atoms with Crippen LogP contribution in [0.1, 0.15) is 15.9 Å². The summed E-state index contributed by atoms with van der Waals surface area (Å²) in [5, 5.41) is 19.2. The highest BCUT2D eigenvalue weighted by atomic mass is 16.7. The lowest BCUT2D eigenvalue weighted by Crippen LogP contribution is -2.26. The summed E-state index contributed by atoms with van der Waals surface area (Å²) in [6.45, 7) is 0.0837. The number of aromatic nitrogens is 2. The average Bonchev–Trinajstić information content (AvgIpc) is 2.95. The monoisotopic (exact) mass is 356 g/mol. The number of aromatic hydroxyl groups is 2. The Kier molecular flexibility index (Phi) is 4.66. The number of hydrogen-bond donors (Lipinski definition) is 2. The van der Waals surface area contributed by atoms with E-state index in [1.807, 2.05) is 30.3 Å². The van der Waals surface area contributed by atoms with Crippen LogP contribution >= 0.6 is 0 Å². The Labute approximate surface area is 148 Å². The smallest absolute Gasteiger partial charge is 0.367 e. The maximum absolute atomic E-state index is 12.4. The molecule has 26 heavy (non-hydrogen) atoms. The van der Waals surface area contributed by atoms with Crippen molar-refractivity contribution in [2.45, 2.75) is 6.61 Å². The number of pyridine rings is 1. The van der Waals surface area contributed by atoms with Crippen LogP contribution in [-0.4, -0.2) is 25.5 Å². The van der Waals surface area contributed by atoms with Gasteiger partial charge in [0, 0.05) is 25.4 Å². The standard InChI is InChI=1S/C18H16N2O6/c1-19-10-9-13(18(24)26-20-14(21)7-8-15(20)22)16(17(19)23)25-11-12-5-3-2-4-6-12/h2-10,21-22H,11H2,1H3. The zero-order valence-corrected chi connectivity index (χ0v) is 13.8. The molecule has 0 saturated heterocycles. The molecular weight excluding hydrogens is 340 g/mol. The van der Waals surface area contributed by atoms with E-state index >= 15 is 0 Å². The van der Waals surface area contributed by atoms with Crippen molar-refractivity contribution in [2.75, 3.05) is 0 Å². The van der Waals surface area contributed by atoms with Crippen molar-refractivity contribution in [2.24, 2.45) is 7.05 Å². The van der Waals surface area contributed by atoms with E-state index in [1.165, 1.54) is 23.9 Å². The van der Waals surface area contributed by atoms with Crippen LogP contribution < -0.4 is 15.1 Å². The Morgan fingerprint density at radius 1 is 1.04 bits per heavy atom. The molecule has 0 aliphatic heterocycles. The van der Waals surface area contributed by atoms with Crippen LogP contribution in [0.5, 0.6) is 17.5 Å². The summed E-state index contributed by atoms with van der Waals surface area (Å²) in [5.41, 5.74) is 0.172. The number of carbonyl (C=O) groups excluding carboxylic acids is 1. The molecule has 134 valence electrons. The third kappa shape index (κ3) is 3.39. The Hall–Kier alpha value is -3.68. The van der Waals surface area contributed by atoms with Crippen molar-refractivity contribution >= 4 is 5.97 Å². The molecule has 3 aromatic rings. The molecule has 2 N–H and O–H groups in total. The molecule has 0 fully saturated rings. The third-order valence-electron chi connectivity index (χ3n) is 3.64. The van der Waals surface area contributed by atoms with E-state index in [0.717, 1.165) is 17.7 Å². The maximum Gasteiger partial charge on any atom is 0.367 e. The second-order valence-electron chi connectivity index (χ2n) is 5.47. The number of rotatable bonds is 5. The first-order chi connectivity index (χ1) is 12.5. The molecule has 3 rings (SSSR count). The number of nitrogens with zero attached hydrogens (tertiary/aromatic N) is 2. The lowest BCUT2D eigenvalue weighted by atomic mass is 10.2. The summed E-state index contributed by atoms with van der Waals surface area (Å²) in [4.78, 5) is 29.7. The van der Waals surface area contributed by atoms with Gasteiger partial charge in [-0.2, -0.15) is 0 Å². The highest BCUT2D eigenvalue weighted by molar-refractivity contribution is 5.92. The summed E-state index contributed by atoms with van der Waals surface area (Å²) < 4.78 is 7.38. The van der Waals surface area contributed by atoms with E-state index < -0.39 is 23.3 Å². The highest BCUT2D eigenvalue weighted by Gasteiger charge is 2.21. The Morgan fingerprint density at radius 2 is 1.69 bits per heavy atom. The molecular formula is C18H16N2O6. The number of ether oxygens (including phenoxy) is 1. The normalized spacial score (nSPS) is 10.5. The van der Waals surface area contributed by atoms with Crippen LogP contribution in [0, 0.1) is 0 Å². The molecule has 0 saturated carbocycles. The van der Waals surface area contributed by atoms with Gasteiger partial charge < -0.3 is 24.4 Å². The van der Waals surface area contributed by atoms with Crippen LogP contribution in [-0.2, 0) is 13.7 Å². The van der Waals surface area contributed by atoms with Gasteiger partial charge in [0.15, 0.2) is 5.75 Å². The molecule has 0 atom stereocenters. The van der Waals surface area contributed by atoms with Crippen LogP contribution in [0.4, 0.5) is 0 Å². The second kappa shape index (κ2) is 7.06. The van der Waals surface area contributed by atoms with E-state index in [1.54, 1.807) is 0 Å². The van der Waals surface area contributed by atoms with Crippen LogP contribution in [0.2, 0.25) is 0 Å². The lowest BCUT2D eigenvalue weighted by Gasteiger charge is -2.12. The summed E-state index contributed by atoms with van der Waals surface area (Å²) >= 11 is 0. The predicted octanol–water partition coefficient (Wildman–Crippen LogP) is 1.45. The summed E-state index contributed by atoms with van der Waals surface area (Å²) in [5.74, 6) is -2.08. The minimum atomic E-state index is -0.965. The van der Waals surface area contributed by atoms with Crippen LogP contribution in [0.15, 0.2) is 59.5 Å². The van der Waals surface area contributed by atoms with E-state index in [9.17, 15) is 19.8 Å². The highest BCUT2D eigenvalue weighted by Crippen LogP contribution is 2.21. The number of hydrogen-bond acceptors (Lipinski definition) is 6. The van der Waals surface area contributed by atoms with Gasteiger partial charge >= 0.3 is 5.97 Å². The van der Waals surface area contributed by atoms with Crippen molar-refractivity contribution in [3.05, 3.63) is 76.2 Å². The van der Waals surface area contributed by atoms with Crippen molar-refractivity contribution < 1.29 is 24.6 Å². The van der Waals surface area contributed by atoms with Gasteiger partial charge in [-0.25, -0.2) is 4.79 Å². The third-order valence-corrected chi connectivity index (χ3v) is 3.64. The molecule has 0 aliphatic rings. The minimum Gasteiger partial charge on any atom is -0.492 e. The summed E-state index contributed by atoms with van der Waals surface area (Å²) in [7, 11) is 1.52. The van der Waals surface area contributed by atoms with Gasteiger partial charge in [0.2, 0.25) is 11.8 Å². The van der Waals surface area contributed by atoms with Crippen molar-refractivity contribution in [1.82, 2.24) is 9.30 Å². The molecule has 1 aromatic carbocycles. The number of carbonyl (C=O) groups is 1. The molecule has 0 radical (unpaired) electrons. The van der Waals surface area contributed by atoms with Crippen LogP contribution in [0.3, 0.4) is 0 Å².